The van der Waals surface area contributed by atoms with Crippen molar-refractivity contribution in [3.05, 3.63) is 40.4 Å². The fraction of sp³-hybridized carbons (Fsp3) is 0.357. The van der Waals surface area contributed by atoms with E-state index in [-0.39, 0.29) is 0 Å². The molecule has 2 nitrogen and oxygen atoms in total. The van der Waals surface area contributed by atoms with Gasteiger partial charge in [0.2, 0.25) is 0 Å². The number of aromatic nitrogens is 1. The molecule has 2 rings (SSSR count). The molecule has 90 valence electrons. The van der Waals surface area contributed by atoms with Crippen molar-refractivity contribution in [2.24, 2.45) is 0 Å². The third-order valence-electron chi connectivity index (χ3n) is 2.92. The highest BCUT2D eigenvalue weighted by atomic mass is 32.1. The second kappa shape index (κ2) is 4.98. The van der Waals surface area contributed by atoms with Crippen LogP contribution >= 0.6 is 11.3 Å². The Labute approximate surface area is 107 Å². The zero-order chi connectivity index (χ0) is 12.4. The van der Waals surface area contributed by atoms with Crippen molar-refractivity contribution in [2.45, 2.75) is 26.8 Å². The van der Waals surface area contributed by atoms with E-state index in [0.717, 1.165) is 10.7 Å². The molecule has 0 aliphatic rings. The smallest absolute Gasteiger partial charge is 0.123 e. The van der Waals surface area contributed by atoms with Crippen LogP contribution in [0, 0.1) is 13.8 Å². The summed E-state index contributed by atoms with van der Waals surface area (Å²) in [6.07, 6.45) is 0. The molecular weight excluding hydrogens is 228 g/mol. The highest BCUT2D eigenvalue weighted by Gasteiger charge is 2.13. The van der Waals surface area contributed by atoms with E-state index in [0.29, 0.717) is 6.04 Å². The maximum Gasteiger partial charge on any atom is 0.123 e. The van der Waals surface area contributed by atoms with Gasteiger partial charge in [0.05, 0.1) is 5.69 Å². The topological polar surface area (TPSA) is 24.9 Å². The van der Waals surface area contributed by atoms with Crippen molar-refractivity contribution in [1.29, 1.82) is 0 Å². The van der Waals surface area contributed by atoms with E-state index in [1.165, 1.54) is 16.0 Å². The predicted molar refractivity (Wildman–Crippen MR) is 74.5 cm³/mol. The van der Waals surface area contributed by atoms with Crippen LogP contribution in [0.3, 0.4) is 0 Å². The van der Waals surface area contributed by atoms with Gasteiger partial charge in [-0.2, -0.15) is 0 Å². The Morgan fingerprint density at radius 1 is 1.29 bits per heavy atom. The molecule has 1 atom stereocenters. The zero-order valence-corrected chi connectivity index (χ0v) is 11.6. The lowest BCUT2D eigenvalue weighted by atomic mass is 10.1. The van der Waals surface area contributed by atoms with E-state index >= 15 is 0 Å². The van der Waals surface area contributed by atoms with Gasteiger partial charge in [0, 0.05) is 16.5 Å². The van der Waals surface area contributed by atoms with Gasteiger partial charge in [0.25, 0.3) is 0 Å². The van der Waals surface area contributed by atoms with Crippen LogP contribution in [0.4, 0.5) is 0 Å². The highest BCUT2D eigenvalue weighted by molar-refractivity contribution is 7.15. The number of nitrogens with zero attached hydrogens (tertiary/aromatic N) is 1. The van der Waals surface area contributed by atoms with Crippen LogP contribution in [-0.2, 0) is 0 Å². The minimum Gasteiger partial charge on any atom is -0.312 e. The van der Waals surface area contributed by atoms with Crippen LogP contribution in [0.15, 0.2) is 24.3 Å². The molecule has 0 saturated heterocycles. The molecule has 0 bridgehead atoms. The van der Waals surface area contributed by atoms with Crippen LogP contribution < -0.4 is 5.32 Å². The summed E-state index contributed by atoms with van der Waals surface area (Å²) in [7, 11) is 1.98. The van der Waals surface area contributed by atoms with Crippen LogP contribution in [-0.4, -0.2) is 12.0 Å². The molecule has 3 heteroatoms. The summed E-state index contributed by atoms with van der Waals surface area (Å²) in [6, 6.07) is 8.88. The third-order valence-corrected chi connectivity index (χ3v) is 4.31. The Morgan fingerprint density at radius 2 is 2.06 bits per heavy atom. The maximum absolute atomic E-state index is 4.67. The van der Waals surface area contributed by atoms with Crippen molar-refractivity contribution in [2.75, 3.05) is 7.05 Å². The summed E-state index contributed by atoms with van der Waals surface area (Å²) < 4.78 is 0. The van der Waals surface area contributed by atoms with Crippen LogP contribution in [0.1, 0.15) is 29.1 Å². The SMILES string of the molecule is CNC(C)c1sc(-c2cccc(C)c2)nc1C. The Kier molecular flexibility index (Phi) is 3.60. The van der Waals surface area contributed by atoms with Gasteiger partial charge in [0.15, 0.2) is 0 Å². The number of thiazole rings is 1. The number of benzene rings is 1. The molecule has 0 spiro atoms. The van der Waals surface area contributed by atoms with Crippen molar-refractivity contribution < 1.29 is 0 Å². The van der Waals surface area contributed by atoms with E-state index < -0.39 is 0 Å². The lowest BCUT2D eigenvalue weighted by molar-refractivity contribution is 0.658. The van der Waals surface area contributed by atoms with Crippen molar-refractivity contribution in [3.63, 3.8) is 0 Å². The molecule has 1 heterocycles. The summed E-state index contributed by atoms with van der Waals surface area (Å²) >= 11 is 1.78. The molecule has 0 aliphatic carbocycles. The Bertz CT molecular complexity index is 517. The lowest BCUT2D eigenvalue weighted by Gasteiger charge is -2.06. The van der Waals surface area contributed by atoms with Crippen LogP contribution in [0.25, 0.3) is 10.6 Å². The molecule has 17 heavy (non-hydrogen) atoms. The van der Waals surface area contributed by atoms with E-state index in [1.54, 1.807) is 11.3 Å². The summed E-state index contributed by atoms with van der Waals surface area (Å²) in [5.41, 5.74) is 3.62. The quantitative estimate of drug-likeness (QED) is 0.893. The first-order valence-corrected chi connectivity index (χ1v) is 6.65. The highest BCUT2D eigenvalue weighted by Crippen LogP contribution is 2.31. The van der Waals surface area contributed by atoms with E-state index in [4.69, 9.17) is 0 Å². The number of hydrogen-bond acceptors (Lipinski definition) is 3. The summed E-state index contributed by atoms with van der Waals surface area (Å²) in [5, 5.41) is 4.38. The second-order valence-corrected chi connectivity index (χ2v) is 5.38. The number of hydrogen-bond donors (Lipinski definition) is 1. The number of rotatable bonds is 3. The third kappa shape index (κ3) is 2.56. The normalized spacial score (nSPS) is 12.7. The van der Waals surface area contributed by atoms with Gasteiger partial charge in [-0.05, 0) is 33.9 Å². The van der Waals surface area contributed by atoms with Gasteiger partial charge in [-0.1, -0.05) is 23.8 Å². The number of nitrogens with one attached hydrogen (secondary N) is 1. The first-order valence-electron chi connectivity index (χ1n) is 5.83. The molecule has 1 aromatic carbocycles. The average Bonchev–Trinajstić information content (AvgIpc) is 2.70. The molecule has 0 aliphatic heterocycles. The standard InChI is InChI=1S/C14H18N2S/c1-9-6-5-7-12(8-9)14-16-11(3)13(17-14)10(2)15-4/h5-8,10,15H,1-4H3. The summed E-state index contributed by atoms with van der Waals surface area (Å²) in [4.78, 5) is 5.99. The fourth-order valence-electron chi connectivity index (χ4n) is 1.84. The monoisotopic (exact) mass is 246 g/mol. The molecule has 0 radical (unpaired) electrons. The van der Waals surface area contributed by atoms with Crippen LogP contribution in [0.2, 0.25) is 0 Å². The molecule has 2 aromatic rings. The minimum atomic E-state index is 0.367. The van der Waals surface area contributed by atoms with Gasteiger partial charge in [-0.15, -0.1) is 11.3 Å². The number of aryl methyl sites for hydroxylation is 2. The minimum absolute atomic E-state index is 0.367. The Balaban J connectivity index is 2.41. The van der Waals surface area contributed by atoms with E-state index in [9.17, 15) is 0 Å². The van der Waals surface area contributed by atoms with Gasteiger partial charge in [-0.3, -0.25) is 0 Å². The van der Waals surface area contributed by atoms with E-state index in [1.807, 2.05) is 7.05 Å². The lowest BCUT2D eigenvalue weighted by Crippen LogP contribution is -2.11. The molecule has 0 saturated carbocycles. The van der Waals surface area contributed by atoms with Crippen LogP contribution in [0.5, 0.6) is 0 Å². The largest absolute Gasteiger partial charge is 0.312 e. The molecule has 1 unspecified atom stereocenters. The van der Waals surface area contributed by atoms with Crippen molar-refractivity contribution >= 4 is 11.3 Å². The Morgan fingerprint density at radius 3 is 2.71 bits per heavy atom. The maximum atomic E-state index is 4.67. The Hall–Kier alpha value is -1.19. The summed E-state index contributed by atoms with van der Waals surface area (Å²) in [6.45, 7) is 6.36. The fourth-order valence-corrected chi connectivity index (χ4v) is 2.97. The molecule has 0 fully saturated rings. The van der Waals surface area contributed by atoms with Crippen molar-refractivity contribution in [3.8, 4) is 10.6 Å². The molecule has 1 N–H and O–H groups in total. The molecular formula is C14H18N2S. The van der Waals surface area contributed by atoms with Gasteiger partial charge in [-0.25, -0.2) is 4.98 Å². The first-order chi connectivity index (χ1) is 8.11. The van der Waals surface area contributed by atoms with Gasteiger partial charge < -0.3 is 5.32 Å². The summed E-state index contributed by atoms with van der Waals surface area (Å²) in [5.74, 6) is 0. The first kappa shape index (κ1) is 12.3. The molecule has 1 aromatic heterocycles. The van der Waals surface area contributed by atoms with E-state index in [2.05, 4.69) is 55.3 Å². The average molecular weight is 246 g/mol. The molecule has 0 amide bonds. The van der Waals surface area contributed by atoms with Gasteiger partial charge in [0.1, 0.15) is 5.01 Å². The van der Waals surface area contributed by atoms with Gasteiger partial charge >= 0.3 is 0 Å². The zero-order valence-electron chi connectivity index (χ0n) is 10.7. The van der Waals surface area contributed by atoms with Crippen molar-refractivity contribution in [1.82, 2.24) is 10.3 Å². The second-order valence-electron chi connectivity index (χ2n) is 4.35. The predicted octanol–water partition coefficient (Wildman–Crippen LogP) is 3.71.